The smallest absolute Gasteiger partial charge is 0.475 e. The number of carboxylic acids is 1. The van der Waals surface area contributed by atoms with Crippen LogP contribution in [0.25, 0.3) is 11.2 Å². The van der Waals surface area contributed by atoms with Gasteiger partial charge in [-0.25, -0.2) is 19.3 Å². The number of anilines is 4. The second kappa shape index (κ2) is 19.4. The zero-order chi connectivity index (χ0) is 41.0. The largest absolute Gasteiger partial charge is 0.480 e. The van der Waals surface area contributed by atoms with Crippen LogP contribution in [-0.4, -0.2) is 68.0 Å². The molecule has 0 unspecified atom stereocenters. The number of benzene rings is 3. The number of phosphoric acid groups is 1. The van der Waals surface area contributed by atoms with Crippen molar-refractivity contribution < 1.29 is 42.4 Å². The number of nitrogens with two attached hydrogens (primary N) is 1. The minimum Gasteiger partial charge on any atom is -0.480 e. The lowest BCUT2D eigenvalue weighted by Gasteiger charge is -2.16. The first-order valence-electron chi connectivity index (χ1n) is 17.6. The lowest BCUT2D eigenvalue weighted by atomic mass is 10.1. The van der Waals surface area contributed by atoms with Gasteiger partial charge in [-0.05, 0) is 74.4 Å². The summed E-state index contributed by atoms with van der Waals surface area (Å²) in [4.78, 5) is 77.9. The number of nitrogens with one attached hydrogen (secondary N) is 5. The first-order valence-corrected chi connectivity index (χ1v) is 19.0. The second-order valence-electron chi connectivity index (χ2n) is 12.1. The van der Waals surface area contributed by atoms with Gasteiger partial charge in [-0.3, -0.25) is 37.7 Å². The van der Waals surface area contributed by atoms with Gasteiger partial charge in [0.15, 0.2) is 11.2 Å². The van der Waals surface area contributed by atoms with Crippen LogP contribution < -0.4 is 32.6 Å². The zero-order valence-electron chi connectivity index (χ0n) is 30.8. The number of nitrogens with zero attached hydrogens (tertiary/aromatic N) is 3. The molecule has 0 spiro atoms. The molecule has 20 heteroatoms. The van der Waals surface area contributed by atoms with Crippen LogP contribution in [0, 0.1) is 0 Å². The molecular weight excluding hydrogens is 761 g/mol. The van der Waals surface area contributed by atoms with Crippen molar-refractivity contribution >= 4 is 65.7 Å². The highest BCUT2D eigenvalue weighted by molar-refractivity contribution is 7.48. The molecule has 0 fully saturated rings. The van der Waals surface area contributed by atoms with E-state index in [1.807, 2.05) is 0 Å². The summed E-state index contributed by atoms with van der Waals surface area (Å²) in [5.41, 5.74) is 7.83. The number of hydrogen-bond donors (Lipinski definition) is 7. The Labute approximate surface area is 325 Å². The summed E-state index contributed by atoms with van der Waals surface area (Å²) >= 11 is 0. The van der Waals surface area contributed by atoms with E-state index < -0.39 is 43.1 Å². The molecule has 0 aliphatic heterocycles. The maximum atomic E-state index is 13.2. The van der Waals surface area contributed by atoms with Crippen molar-refractivity contribution in [3.63, 3.8) is 0 Å². The fraction of sp³-hybridized carbons (Fsp3) is 0.243. The number of para-hydroxylation sites is 1. The van der Waals surface area contributed by atoms with Crippen LogP contribution in [0.1, 0.15) is 58.7 Å². The van der Waals surface area contributed by atoms with E-state index in [2.05, 4.69) is 41.2 Å². The van der Waals surface area contributed by atoms with Crippen LogP contribution in [0.5, 0.6) is 0 Å². The maximum Gasteiger partial charge on any atom is 0.475 e. The standard InChI is InChI=1S/C37H40N9O10P/c1-3-54-57(53,55-4-2)56-21-22-9-13-25(14-10-22)42-34(49)27-7-5-6-8-28(27)43-30(47)18-17-29(36(51)52)44-33(48)23-11-15-24(16-12-23)39-19-26-20-40-32-31(41-26)35(50)46-37(38)45-32/h5-16,20,29,39H,3-4,17-19,21H2,1-2H3,(H,42,49)(H,43,47)(H,44,48)(H,51,52)(H3,38,40,45,46,50)/t29-/m0/s1. The molecule has 0 radical (unpaired) electrons. The van der Waals surface area contributed by atoms with Crippen LogP contribution in [0.15, 0.2) is 83.8 Å². The van der Waals surface area contributed by atoms with Crippen molar-refractivity contribution in [1.29, 1.82) is 0 Å². The molecule has 5 aromatic rings. The van der Waals surface area contributed by atoms with E-state index in [-0.39, 0.29) is 73.1 Å². The molecule has 1 atom stereocenters. The zero-order valence-corrected chi connectivity index (χ0v) is 31.7. The first-order chi connectivity index (χ1) is 27.4. The van der Waals surface area contributed by atoms with Crippen molar-refractivity contribution in [2.75, 3.05) is 34.9 Å². The number of amides is 3. The number of aromatic nitrogens is 4. The van der Waals surface area contributed by atoms with E-state index in [0.29, 0.717) is 22.6 Å². The molecule has 0 aliphatic carbocycles. The fourth-order valence-corrected chi connectivity index (χ4v) is 6.39. The van der Waals surface area contributed by atoms with Crippen LogP contribution in [0.4, 0.5) is 23.0 Å². The van der Waals surface area contributed by atoms with E-state index >= 15 is 0 Å². The van der Waals surface area contributed by atoms with Gasteiger partial charge in [-0.2, -0.15) is 4.98 Å². The minimum absolute atomic E-state index is 0.0357. The summed E-state index contributed by atoms with van der Waals surface area (Å²) < 4.78 is 28.2. The van der Waals surface area contributed by atoms with Crippen LogP contribution in [0.3, 0.4) is 0 Å². The number of aromatic amines is 1. The Bertz CT molecular complexity index is 2330. The SMILES string of the molecule is CCOP(=O)(OCC)OCc1ccc(NC(=O)c2ccccc2NC(=O)CC[C@H](NC(=O)c2ccc(NCc3cnc4nc(N)[nH]c(=O)c4n3)cc2)C(=O)O)cc1. The Morgan fingerprint density at radius 1 is 0.877 bits per heavy atom. The van der Waals surface area contributed by atoms with Crippen molar-refractivity contribution in [3.05, 3.63) is 112 Å². The van der Waals surface area contributed by atoms with Crippen LogP contribution in [-0.2, 0) is 40.9 Å². The molecule has 298 valence electrons. The van der Waals surface area contributed by atoms with Gasteiger partial charge in [0.1, 0.15) is 6.04 Å². The molecule has 0 aliphatic rings. The highest BCUT2D eigenvalue weighted by atomic mass is 31.2. The van der Waals surface area contributed by atoms with Crippen LogP contribution >= 0.6 is 7.82 Å². The third-order valence-corrected chi connectivity index (χ3v) is 9.59. The molecule has 8 N–H and O–H groups in total. The van der Waals surface area contributed by atoms with Crippen molar-refractivity contribution in [1.82, 2.24) is 25.3 Å². The Balaban J connectivity index is 1.11. The van der Waals surface area contributed by atoms with E-state index in [4.69, 9.17) is 19.3 Å². The quantitative estimate of drug-likeness (QED) is 0.0568. The molecule has 19 nitrogen and oxygen atoms in total. The number of H-pyrrole nitrogens is 1. The monoisotopic (exact) mass is 801 g/mol. The number of nitrogen functional groups attached to an aromatic ring is 1. The number of rotatable bonds is 19. The number of carbonyl (C=O) groups is 4. The summed E-state index contributed by atoms with van der Waals surface area (Å²) in [7, 11) is -3.70. The summed E-state index contributed by atoms with van der Waals surface area (Å²) in [5, 5.41) is 20.7. The van der Waals surface area contributed by atoms with Gasteiger partial charge in [0.05, 0.1) is 49.5 Å². The number of hydrogen-bond acceptors (Lipinski definition) is 14. The number of carboxylic acid groups (broad SMARTS) is 1. The van der Waals surface area contributed by atoms with Gasteiger partial charge in [-0.1, -0.05) is 24.3 Å². The number of fused-ring (bicyclic) bond motifs is 1. The van der Waals surface area contributed by atoms with Crippen molar-refractivity contribution in [2.24, 2.45) is 0 Å². The van der Waals surface area contributed by atoms with Crippen molar-refractivity contribution in [3.8, 4) is 0 Å². The fourth-order valence-electron chi connectivity index (χ4n) is 5.23. The highest BCUT2D eigenvalue weighted by Crippen LogP contribution is 2.49. The third kappa shape index (κ3) is 11.7. The van der Waals surface area contributed by atoms with Gasteiger partial charge in [0, 0.05) is 23.4 Å². The number of carbonyl (C=O) groups excluding carboxylic acids is 3. The maximum absolute atomic E-state index is 13.2. The Morgan fingerprint density at radius 2 is 1.56 bits per heavy atom. The normalized spacial score (nSPS) is 11.8. The van der Waals surface area contributed by atoms with Gasteiger partial charge >= 0.3 is 13.8 Å². The van der Waals surface area contributed by atoms with Crippen molar-refractivity contribution in [2.45, 2.75) is 45.9 Å². The highest BCUT2D eigenvalue weighted by Gasteiger charge is 2.26. The summed E-state index contributed by atoms with van der Waals surface area (Å²) in [5.74, 6) is -3.17. The molecule has 5 rings (SSSR count). The van der Waals surface area contributed by atoms with E-state index in [1.54, 1.807) is 62.4 Å². The predicted octanol–water partition coefficient (Wildman–Crippen LogP) is 4.46. The first kappa shape index (κ1) is 41.6. The van der Waals surface area contributed by atoms with Gasteiger partial charge in [0.2, 0.25) is 11.9 Å². The second-order valence-corrected chi connectivity index (χ2v) is 13.8. The topological polar surface area (TPSA) is 279 Å². The number of aliphatic carboxylic acids is 1. The Morgan fingerprint density at radius 3 is 2.25 bits per heavy atom. The molecule has 3 amide bonds. The summed E-state index contributed by atoms with van der Waals surface area (Å²) in [6.45, 7) is 3.79. The average Bonchev–Trinajstić information content (AvgIpc) is 3.19. The molecule has 0 saturated carbocycles. The van der Waals surface area contributed by atoms with E-state index in [0.717, 1.165) is 0 Å². The van der Waals surface area contributed by atoms with Gasteiger partial charge in [-0.15, -0.1) is 0 Å². The van der Waals surface area contributed by atoms with E-state index in [1.165, 1.54) is 30.5 Å². The third-order valence-electron chi connectivity index (χ3n) is 7.99. The minimum atomic E-state index is -3.70. The van der Waals surface area contributed by atoms with Gasteiger partial charge in [0.25, 0.3) is 17.4 Å². The molecular formula is C37H40N9O10P. The lowest BCUT2D eigenvalue weighted by Crippen LogP contribution is -2.41. The molecule has 57 heavy (non-hydrogen) atoms. The Hall–Kier alpha value is -6.53. The number of phosphoric ester groups is 1. The van der Waals surface area contributed by atoms with Crippen LogP contribution in [0.2, 0.25) is 0 Å². The molecule has 3 aromatic carbocycles. The lowest BCUT2D eigenvalue weighted by molar-refractivity contribution is -0.139. The van der Waals surface area contributed by atoms with Gasteiger partial charge < -0.3 is 32.1 Å². The summed E-state index contributed by atoms with van der Waals surface area (Å²) in [6.07, 6.45) is 0.924. The molecule has 2 heterocycles. The Kier molecular flexibility index (Phi) is 14.1. The molecule has 2 aromatic heterocycles. The summed E-state index contributed by atoms with van der Waals surface area (Å²) in [6, 6.07) is 17.7. The predicted molar refractivity (Wildman–Crippen MR) is 209 cm³/mol. The van der Waals surface area contributed by atoms with E-state index in [9.17, 15) is 33.6 Å². The average molecular weight is 802 g/mol. The molecule has 0 saturated heterocycles. The molecule has 0 bridgehead atoms.